The van der Waals surface area contributed by atoms with Gasteiger partial charge in [-0.3, -0.25) is 0 Å². The molecule has 0 heterocycles. The van der Waals surface area contributed by atoms with Crippen LogP contribution in [0.3, 0.4) is 0 Å². The molecule has 0 rings (SSSR count). The van der Waals surface area contributed by atoms with E-state index in [0.717, 1.165) is 0 Å². The van der Waals surface area contributed by atoms with Crippen molar-refractivity contribution in [2.24, 2.45) is 5.41 Å². The Morgan fingerprint density at radius 1 is 1.19 bits per heavy atom. The fourth-order valence-corrected chi connectivity index (χ4v) is 2.39. The van der Waals surface area contributed by atoms with E-state index in [1.54, 1.807) is 0 Å². The number of nitrogens with one attached hydrogen (secondary N) is 1. The molecule has 1 unspecified atom stereocenters. The first-order valence-electron chi connectivity index (χ1n) is 5.28. The zero-order valence-electron chi connectivity index (χ0n) is 10.4. The average molecular weight is 253 g/mol. The highest BCUT2D eigenvalue weighted by atomic mass is 32.2. The largest absolute Gasteiger partial charge is 0.393 e. The highest BCUT2D eigenvalue weighted by Crippen LogP contribution is 2.18. The summed E-state index contributed by atoms with van der Waals surface area (Å²) in [7, 11) is -3.38. The highest BCUT2D eigenvalue weighted by molar-refractivity contribution is 7.89. The van der Waals surface area contributed by atoms with Gasteiger partial charge < -0.3 is 10.2 Å². The van der Waals surface area contributed by atoms with Gasteiger partial charge in [-0.05, 0) is 18.8 Å². The second-order valence-electron chi connectivity index (χ2n) is 5.61. The zero-order valence-corrected chi connectivity index (χ0v) is 11.3. The third kappa shape index (κ3) is 8.04. The number of aliphatic hydroxyl groups is 2. The van der Waals surface area contributed by atoms with Gasteiger partial charge >= 0.3 is 0 Å². The van der Waals surface area contributed by atoms with Crippen LogP contribution in [0.1, 0.15) is 34.1 Å². The monoisotopic (exact) mass is 253 g/mol. The molecule has 0 radical (unpaired) electrons. The lowest BCUT2D eigenvalue weighted by atomic mass is 9.94. The van der Waals surface area contributed by atoms with E-state index in [4.69, 9.17) is 5.11 Å². The van der Waals surface area contributed by atoms with Crippen molar-refractivity contribution < 1.29 is 18.6 Å². The minimum absolute atomic E-state index is 0.0258. The minimum Gasteiger partial charge on any atom is -0.393 e. The molecule has 16 heavy (non-hydrogen) atoms. The Bertz CT molecular complexity index is 303. The first kappa shape index (κ1) is 15.8. The molecule has 0 fully saturated rings. The number of sulfonamides is 1. The molecule has 0 aliphatic rings. The van der Waals surface area contributed by atoms with Crippen LogP contribution in [0.4, 0.5) is 0 Å². The molecule has 1 atom stereocenters. The molecule has 0 aliphatic carbocycles. The number of aliphatic hydroxyl groups excluding tert-OH is 1. The molecule has 98 valence electrons. The van der Waals surface area contributed by atoms with Gasteiger partial charge in [0.05, 0.1) is 18.0 Å². The number of hydrogen-bond donors (Lipinski definition) is 3. The summed E-state index contributed by atoms with van der Waals surface area (Å²) in [5.41, 5.74) is -1.46. The van der Waals surface area contributed by atoms with Gasteiger partial charge in [0.15, 0.2) is 0 Å². The molecule has 0 aromatic carbocycles. The molecule has 0 aromatic rings. The van der Waals surface area contributed by atoms with E-state index in [1.807, 2.05) is 20.8 Å². The average Bonchev–Trinajstić information content (AvgIpc) is 2.12. The summed E-state index contributed by atoms with van der Waals surface area (Å²) < 4.78 is 25.4. The Morgan fingerprint density at radius 3 is 2.06 bits per heavy atom. The van der Waals surface area contributed by atoms with Gasteiger partial charge in [-0.15, -0.1) is 0 Å². The molecule has 0 amide bonds. The molecular formula is C10H23NO4S. The third-order valence-electron chi connectivity index (χ3n) is 2.13. The standard InChI is InChI=1S/C10H23NO4S/c1-9(2,3)5-6-16(14,15)11-7-10(4,13)8-12/h11-13H,5-8H2,1-4H3. The summed E-state index contributed by atoms with van der Waals surface area (Å²) in [5, 5.41) is 18.2. The van der Waals surface area contributed by atoms with Gasteiger partial charge in [-0.1, -0.05) is 20.8 Å². The maximum absolute atomic E-state index is 11.5. The SMILES string of the molecule is CC(C)(C)CCS(=O)(=O)NCC(C)(O)CO. The Kier molecular flexibility index (Phi) is 5.38. The van der Waals surface area contributed by atoms with Crippen molar-refractivity contribution in [2.45, 2.75) is 39.7 Å². The van der Waals surface area contributed by atoms with Crippen LogP contribution in [0.25, 0.3) is 0 Å². The van der Waals surface area contributed by atoms with Crippen LogP contribution in [0.15, 0.2) is 0 Å². The van der Waals surface area contributed by atoms with Gasteiger partial charge in [-0.2, -0.15) is 0 Å². The van der Waals surface area contributed by atoms with E-state index >= 15 is 0 Å². The normalized spacial score (nSPS) is 17.1. The lowest BCUT2D eigenvalue weighted by Gasteiger charge is -2.22. The van der Waals surface area contributed by atoms with E-state index in [-0.39, 0.29) is 17.7 Å². The molecular weight excluding hydrogens is 230 g/mol. The van der Waals surface area contributed by atoms with E-state index in [1.165, 1.54) is 6.92 Å². The van der Waals surface area contributed by atoms with Crippen LogP contribution >= 0.6 is 0 Å². The molecule has 6 heteroatoms. The lowest BCUT2D eigenvalue weighted by molar-refractivity contribution is 0.00680. The fraction of sp³-hybridized carbons (Fsp3) is 1.00. The van der Waals surface area contributed by atoms with E-state index in [9.17, 15) is 13.5 Å². The Labute approximate surface area is 97.9 Å². The van der Waals surface area contributed by atoms with Crippen molar-refractivity contribution in [1.82, 2.24) is 4.72 Å². The molecule has 3 N–H and O–H groups in total. The molecule has 0 aromatic heterocycles. The van der Waals surface area contributed by atoms with Gasteiger partial charge in [0.1, 0.15) is 0 Å². The number of rotatable bonds is 6. The first-order valence-corrected chi connectivity index (χ1v) is 6.93. The zero-order chi connectivity index (χ0) is 13.0. The second-order valence-corrected chi connectivity index (χ2v) is 7.53. The van der Waals surface area contributed by atoms with Crippen molar-refractivity contribution in [2.75, 3.05) is 18.9 Å². The minimum atomic E-state index is -3.38. The topological polar surface area (TPSA) is 86.6 Å². The predicted octanol–water partition coefficient (Wildman–Crippen LogP) is 0.0853. The van der Waals surface area contributed by atoms with Gasteiger partial charge in [0, 0.05) is 6.54 Å². The van der Waals surface area contributed by atoms with Gasteiger partial charge in [-0.25, -0.2) is 13.1 Å². The van der Waals surface area contributed by atoms with E-state index < -0.39 is 22.2 Å². The second kappa shape index (κ2) is 5.44. The van der Waals surface area contributed by atoms with Crippen LogP contribution < -0.4 is 4.72 Å². The molecule has 0 spiro atoms. The van der Waals surface area contributed by atoms with E-state index in [2.05, 4.69) is 4.72 Å². The maximum atomic E-state index is 11.5. The molecule has 0 aliphatic heterocycles. The Balaban J connectivity index is 4.18. The van der Waals surface area contributed by atoms with E-state index in [0.29, 0.717) is 6.42 Å². The highest BCUT2D eigenvalue weighted by Gasteiger charge is 2.23. The van der Waals surface area contributed by atoms with Gasteiger partial charge in [0.25, 0.3) is 0 Å². The summed E-state index contributed by atoms with van der Waals surface area (Å²) in [6.07, 6.45) is 0.545. The molecule has 0 saturated carbocycles. The van der Waals surface area contributed by atoms with Crippen LogP contribution in [-0.4, -0.2) is 43.1 Å². The summed E-state index contributed by atoms with van der Waals surface area (Å²) in [4.78, 5) is 0. The smallest absolute Gasteiger partial charge is 0.211 e. The lowest BCUT2D eigenvalue weighted by Crippen LogP contribution is -2.44. The van der Waals surface area contributed by atoms with Crippen molar-refractivity contribution in [3.63, 3.8) is 0 Å². The van der Waals surface area contributed by atoms with Crippen molar-refractivity contribution in [1.29, 1.82) is 0 Å². The molecule has 0 bridgehead atoms. The van der Waals surface area contributed by atoms with Crippen LogP contribution in [-0.2, 0) is 10.0 Å². The summed E-state index contributed by atoms with van der Waals surface area (Å²) >= 11 is 0. The summed E-state index contributed by atoms with van der Waals surface area (Å²) in [6, 6.07) is 0. The van der Waals surface area contributed by atoms with Crippen molar-refractivity contribution in [3.05, 3.63) is 0 Å². The van der Waals surface area contributed by atoms with Gasteiger partial charge in [0.2, 0.25) is 10.0 Å². The predicted molar refractivity (Wildman–Crippen MR) is 63.6 cm³/mol. The van der Waals surface area contributed by atoms with Crippen LogP contribution in [0, 0.1) is 5.41 Å². The molecule has 5 nitrogen and oxygen atoms in total. The Hall–Kier alpha value is -0.170. The maximum Gasteiger partial charge on any atom is 0.211 e. The van der Waals surface area contributed by atoms with Crippen molar-refractivity contribution in [3.8, 4) is 0 Å². The number of hydrogen-bond acceptors (Lipinski definition) is 4. The van der Waals surface area contributed by atoms with Crippen LogP contribution in [0.2, 0.25) is 0 Å². The molecule has 0 saturated heterocycles. The van der Waals surface area contributed by atoms with Crippen LogP contribution in [0.5, 0.6) is 0 Å². The summed E-state index contributed by atoms with van der Waals surface area (Å²) in [6.45, 7) is 6.62. The fourth-order valence-electron chi connectivity index (χ4n) is 0.834. The third-order valence-corrected chi connectivity index (χ3v) is 3.46. The first-order chi connectivity index (χ1) is 6.97. The summed E-state index contributed by atoms with van der Waals surface area (Å²) in [5.74, 6) is 0.0258. The van der Waals surface area contributed by atoms with Crippen molar-refractivity contribution >= 4 is 10.0 Å². The Morgan fingerprint density at radius 2 is 1.69 bits per heavy atom. The quantitative estimate of drug-likeness (QED) is 0.626.